The Morgan fingerprint density at radius 3 is 1.69 bits per heavy atom. The van der Waals surface area contributed by atoms with E-state index in [1.54, 1.807) is 0 Å². The van der Waals surface area contributed by atoms with Crippen molar-refractivity contribution in [2.75, 3.05) is 13.2 Å². The van der Waals surface area contributed by atoms with Crippen molar-refractivity contribution in [3.63, 3.8) is 0 Å². The van der Waals surface area contributed by atoms with Crippen LogP contribution in [-0.4, -0.2) is 68.3 Å². The fraction of sp³-hybridized carbons (Fsp3) is 0.889. The monoisotopic (exact) mass is 314 g/mol. The van der Waals surface area contributed by atoms with Crippen LogP contribution in [-0.2, 0) is 9.47 Å². The van der Waals surface area contributed by atoms with Gasteiger partial charge in [0.15, 0.2) is 0 Å². The quantitative estimate of drug-likeness (QED) is 0.426. The molecule has 0 aromatic carbocycles. The topological polar surface area (TPSA) is 35.5 Å². The van der Waals surface area contributed by atoms with E-state index in [-0.39, 0.29) is 48.9 Å². The van der Waals surface area contributed by atoms with E-state index in [2.05, 4.69) is 0 Å². The fourth-order valence-electron chi connectivity index (χ4n) is 0.641. The number of unbranched alkanes of at least 4 members (excludes halogenated alkanes) is 2. The van der Waals surface area contributed by atoms with Crippen molar-refractivity contribution < 1.29 is 14.3 Å². The van der Waals surface area contributed by atoms with Gasteiger partial charge in [-0.1, -0.05) is 26.7 Å². The second-order valence-corrected chi connectivity index (χ2v) is 2.65. The summed E-state index contributed by atoms with van der Waals surface area (Å²) in [6, 6.07) is 0. The molecule has 13 heavy (non-hydrogen) atoms. The number of ether oxygens (including phenoxy) is 2. The molecule has 4 heteroatoms. The summed E-state index contributed by atoms with van der Waals surface area (Å²) in [4.78, 5) is 10.7. The Labute approximate surface area is 121 Å². The molecule has 0 fully saturated rings. The standard InChI is InChI=1S/C9H18O3.Ba.2H/c1-3-5-7-11-9(10)12-8-6-4-2;;;/h3-8H2,1-2H3;;;. The Hall–Kier alpha value is 0.841. The summed E-state index contributed by atoms with van der Waals surface area (Å²) in [5.74, 6) is 0. The summed E-state index contributed by atoms with van der Waals surface area (Å²) in [7, 11) is 0. The fourth-order valence-corrected chi connectivity index (χ4v) is 0.641. The predicted molar refractivity (Wildman–Crippen MR) is 55.7 cm³/mol. The molecule has 0 aliphatic carbocycles. The van der Waals surface area contributed by atoms with Crippen molar-refractivity contribution >= 4 is 55.0 Å². The first kappa shape index (κ1) is 16.3. The molecule has 0 aliphatic rings. The first-order valence-corrected chi connectivity index (χ1v) is 4.60. The van der Waals surface area contributed by atoms with E-state index in [1.807, 2.05) is 13.8 Å². The maximum atomic E-state index is 10.7. The molecular formula is C9H20BaO3. The molecule has 0 unspecified atom stereocenters. The van der Waals surface area contributed by atoms with Gasteiger partial charge in [-0.15, -0.1) is 0 Å². The Bertz CT molecular complexity index is 105. The molecule has 0 aromatic heterocycles. The molecule has 0 heterocycles. The third-order valence-corrected chi connectivity index (χ3v) is 1.44. The SMILES string of the molecule is CCCCOC(=O)OCCCC.[BaH2]. The van der Waals surface area contributed by atoms with Crippen molar-refractivity contribution in [1.82, 2.24) is 0 Å². The van der Waals surface area contributed by atoms with Crippen molar-refractivity contribution in [2.24, 2.45) is 0 Å². The van der Waals surface area contributed by atoms with Crippen molar-refractivity contribution in [3.8, 4) is 0 Å². The van der Waals surface area contributed by atoms with Gasteiger partial charge in [-0.05, 0) is 12.8 Å². The van der Waals surface area contributed by atoms with Crippen LogP contribution in [0.2, 0.25) is 0 Å². The van der Waals surface area contributed by atoms with Crippen LogP contribution >= 0.6 is 0 Å². The van der Waals surface area contributed by atoms with E-state index in [9.17, 15) is 4.79 Å². The molecular weight excluding hydrogens is 293 g/mol. The summed E-state index contributed by atoms with van der Waals surface area (Å²) in [6.07, 6.45) is 3.34. The first-order valence-electron chi connectivity index (χ1n) is 4.60. The average molecular weight is 314 g/mol. The van der Waals surface area contributed by atoms with Crippen LogP contribution in [0, 0.1) is 0 Å². The van der Waals surface area contributed by atoms with Crippen LogP contribution in [0.5, 0.6) is 0 Å². The zero-order chi connectivity index (χ0) is 9.23. The van der Waals surface area contributed by atoms with Gasteiger partial charge in [0.05, 0.1) is 13.2 Å². The summed E-state index contributed by atoms with van der Waals surface area (Å²) >= 11 is 0. The van der Waals surface area contributed by atoms with Gasteiger partial charge in [0.2, 0.25) is 0 Å². The van der Waals surface area contributed by atoms with E-state index >= 15 is 0 Å². The van der Waals surface area contributed by atoms with Gasteiger partial charge in [0, 0.05) is 0 Å². The number of hydrogen-bond acceptors (Lipinski definition) is 3. The molecule has 0 saturated carbocycles. The van der Waals surface area contributed by atoms with E-state index in [0.717, 1.165) is 25.7 Å². The molecule has 0 N–H and O–H groups in total. The zero-order valence-electron chi connectivity index (χ0n) is 7.97. The predicted octanol–water partition coefficient (Wildman–Crippen LogP) is 1.82. The van der Waals surface area contributed by atoms with Crippen LogP contribution in [0.3, 0.4) is 0 Å². The third-order valence-electron chi connectivity index (χ3n) is 1.44. The second-order valence-electron chi connectivity index (χ2n) is 2.65. The minimum atomic E-state index is -0.531. The van der Waals surface area contributed by atoms with Crippen LogP contribution in [0.15, 0.2) is 0 Å². The summed E-state index contributed by atoms with van der Waals surface area (Å²) in [5, 5.41) is 0. The number of rotatable bonds is 6. The van der Waals surface area contributed by atoms with E-state index in [4.69, 9.17) is 9.47 Å². The first-order chi connectivity index (χ1) is 5.81. The second kappa shape index (κ2) is 12.8. The molecule has 0 aromatic rings. The van der Waals surface area contributed by atoms with Crippen molar-refractivity contribution in [1.29, 1.82) is 0 Å². The van der Waals surface area contributed by atoms with Gasteiger partial charge in [-0.25, -0.2) is 4.79 Å². The van der Waals surface area contributed by atoms with Gasteiger partial charge < -0.3 is 9.47 Å². The van der Waals surface area contributed by atoms with Gasteiger partial charge in [-0.2, -0.15) is 0 Å². The van der Waals surface area contributed by atoms with Crippen molar-refractivity contribution in [3.05, 3.63) is 0 Å². The van der Waals surface area contributed by atoms with Crippen LogP contribution < -0.4 is 0 Å². The molecule has 0 bridgehead atoms. The molecule has 0 atom stereocenters. The van der Waals surface area contributed by atoms with E-state index in [1.165, 1.54) is 0 Å². The van der Waals surface area contributed by atoms with Crippen LogP contribution in [0.4, 0.5) is 4.79 Å². The summed E-state index contributed by atoms with van der Waals surface area (Å²) in [5.41, 5.74) is 0. The Balaban J connectivity index is 0. The molecule has 0 spiro atoms. The number of carbonyl (C=O) groups is 1. The van der Waals surface area contributed by atoms with Gasteiger partial charge in [-0.3, -0.25) is 0 Å². The number of carbonyl (C=O) groups excluding carboxylic acids is 1. The summed E-state index contributed by atoms with van der Waals surface area (Å²) < 4.78 is 9.54. The molecule has 0 radical (unpaired) electrons. The molecule has 0 amide bonds. The Morgan fingerprint density at radius 1 is 1.00 bits per heavy atom. The van der Waals surface area contributed by atoms with Gasteiger partial charge in [0.25, 0.3) is 0 Å². The zero-order valence-corrected chi connectivity index (χ0v) is 7.97. The van der Waals surface area contributed by atoms with Gasteiger partial charge >= 0.3 is 55.0 Å². The van der Waals surface area contributed by atoms with Gasteiger partial charge in [0.1, 0.15) is 0 Å². The molecule has 0 aliphatic heterocycles. The van der Waals surface area contributed by atoms with Crippen LogP contribution in [0.1, 0.15) is 39.5 Å². The van der Waals surface area contributed by atoms with Crippen molar-refractivity contribution in [2.45, 2.75) is 39.5 Å². The minimum absolute atomic E-state index is 0. The Morgan fingerprint density at radius 2 is 1.38 bits per heavy atom. The normalized spacial score (nSPS) is 8.77. The maximum absolute atomic E-state index is 10.7. The summed E-state index contributed by atoms with van der Waals surface area (Å²) in [6.45, 7) is 5.04. The van der Waals surface area contributed by atoms with E-state index < -0.39 is 6.16 Å². The average Bonchev–Trinajstić information content (AvgIpc) is 2.06. The van der Waals surface area contributed by atoms with Crippen LogP contribution in [0.25, 0.3) is 0 Å². The molecule has 76 valence electrons. The molecule has 0 saturated heterocycles. The Kier molecular flexibility index (Phi) is 16.1. The molecule has 0 rings (SSSR count). The molecule has 3 nitrogen and oxygen atoms in total. The third kappa shape index (κ3) is 12.8. The number of hydrogen-bond donors (Lipinski definition) is 0. The van der Waals surface area contributed by atoms with E-state index in [0.29, 0.717) is 13.2 Å².